The molecule has 3 N–H and O–H groups in total. The third-order valence-corrected chi connectivity index (χ3v) is 5.99. The molecule has 0 aromatic rings. The summed E-state index contributed by atoms with van der Waals surface area (Å²) in [5, 5.41) is 12.3. The predicted molar refractivity (Wildman–Crippen MR) is 128 cm³/mol. The van der Waals surface area contributed by atoms with Crippen LogP contribution in [0, 0.1) is 0 Å². The van der Waals surface area contributed by atoms with Gasteiger partial charge in [0.05, 0.1) is 13.2 Å². The first-order valence-electron chi connectivity index (χ1n) is 12.5. The Balaban J connectivity index is 3.61. The number of hydrogen-bond acceptors (Lipinski definition) is 7. The summed E-state index contributed by atoms with van der Waals surface area (Å²) in [5.41, 5.74) is 0. The summed E-state index contributed by atoms with van der Waals surface area (Å²) in [4.78, 5) is 32.6. The number of carbonyl (C=O) groups excluding carboxylic acids is 2. The minimum absolute atomic E-state index is 0.0853. The molecule has 0 rings (SSSR count). The molecule has 0 heterocycles. The summed E-state index contributed by atoms with van der Waals surface area (Å²) in [6.45, 7) is 3.10. The number of esters is 1. The number of unbranched alkanes of at least 4 members (excludes halogenated alkanes) is 10. The van der Waals surface area contributed by atoms with Gasteiger partial charge in [0.2, 0.25) is 5.91 Å². The molecular formula is C23H46NO8P. The molecule has 2 atom stereocenters. The van der Waals surface area contributed by atoms with E-state index in [2.05, 4.69) is 16.8 Å². The van der Waals surface area contributed by atoms with E-state index >= 15 is 0 Å². The lowest BCUT2D eigenvalue weighted by Gasteiger charge is -2.15. The minimum atomic E-state index is -4.37. The monoisotopic (exact) mass is 495 g/mol. The van der Waals surface area contributed by atoms with Gasteiger partial charge in [-0.1, -0.05) is 78.1 Å². The molecule has 33 heavy (non-hydrogen) atoms. The summed E-state index contributed by atoms with van der Waals surface area (Å²) >= 11 is 0. The molecule has 0 fully saturated rings. The summed E-state index contributed by atoms with van der Waals surface area (Å²) in [5.74, 6) is -0.573. The Labute approximate surface area is 199 Å². The number of hydrogen-bond donors (Lipinski definition) is 3. The van der Waals surface area contributed by atoms with Crippen molar-refractivity contribution >= 4 is 19.7 Å². The maximum absolute atomic E-state index is 11.8. The molecule has 0 aromatic carbocycles. The van der Waals surface area contributed by atoms with Gasteiger partial charge in [0.1, 0.15) is 12.7 Å². The van der Waals surface area contributed by atoms with E-state index < -0.39 is 26.5 Å². The van der Waals surface area contributed by atoms with Crippen LogP contribution in [0.15, 0.2) is 0 Å². The number of phosphoric ester groups is 1. The van der Waals surface area contributed by atoms with Gasteiger partial charge in [-0.3, -0.25) is 18.6 Å². The van der Waals surface area contributed by atoms with Crippen molar-refractivity contribution in [1.29, 1.82) is 0 Å². The lowest BCUT2D eigenvalue weighted by atomic mass is 10.1. The highest BCUT2D eigenvalue weighted by molar-refractivity contribution is 7.47. The first kappa shape index (κ1) is 32.0. The molecule has 0 bridgehead atoms. The van der Waals surface area contributed by atoms with Crippen LogP contribution in [-0.2, 0) is 27.9 Å². The molecule has 0 aliphatic rings. The Morgan fingerprint density at radius 1 is 0.818 bits per heavy atom. The van der Waals surface area contributed by atoms with Crippen molar-refractivity contribution in [3.63, 3.8) is 0 Å². The van der Waals surface area contributed by atoms with E-state index in [1.165, 1.54) is 51.4 Å². The van der Waals surface area contributed by atoms with Crippen LogP contribution in [0.25, 0.3) is 0 Å². The fraction of sp³-hybridized carbons (Fsp3) is 0.913. The zero-order valence-electron chi connectivity index (χ0n) is 20.6. The second kappa shape index (κ2) is 21.5. The van der Waals surface area contributed by atoms with Crippen LogP contribution in [-0.4, -0.2) is 54.3 Å². The quantitative estimate of drug-likeness (QED) is 0.106. The summed E-state index contributed by atoms with van der Waals surface area (Å²) in [6.07, 6.45) is 13.4. The van der Waals surface area contributed by atoms with Crippen molar-refractivity contribution in [1.82, 2.24) is 5.32 Å². The molecule has 0 saturated heterocycles. The van der Waals surface area contributed by atoms with E-state index in [1.807, 2.05) is 6.92 Å². The van der Waals surface area contributed by atoms with E-state index in [0.717, 1.165) is 19.3 Å². The second-order valence-electron chi connectivity index (χ2n) is 8.32. The van der Waals surface area contributed by atoms with Gasteiger partial charge in [-0.25, -0.2) is 4.57 Å². The number of carbonyl (C=O) groups is 2. The van der Waals surface area contributed by atoms with Crippen LogP contribution < -0.4 is 5.32 Å². The van der Waals surface area contributed by atoms with Gasteiger partial charge in [-0.15, -0.1) is 0 Å². The first-order chi connectivity index (χ1) is 15.8. The smallest absolute Gasteiger partial charge is 0.463 e. The maximum atomic E-state index is 11.8. The number of aliphatic hydroxyl groups excluding tert-OH is 1. The van der Waals surface area contributed by atoms with Crippen LogP contribution >= 0.6 is 7.82 Å². The van der Waals surface area contributed by atoms with E-state index in [9.17, 15) is 24.2 Å². The summed E-state index contributed by atoms with van der Waals surface area (Å²) in [6, 6.07) is 0. The average molecular weight is 496 g/mol. The van der Waals surface area contributed by atoms with Crippen molar-refractivity contribution in [2.24, 2.45) is 0 Å². The highest BCUT2D eigenvalue weighted by Gasteiger charge is 2.23. The lowest BCUT2D eigenvalue weighted by Crippen LogP contribution is -2.27. The zero-order chi connectivity index (χ0) is 24.8. The number of amides is 1. The Bertz CT molecular complexity index is 547. The standard InChI is InChI=1S/C23H46NO8P/c1-3-5-6-7-8-9-10-11-12-13-14-16-22(26)24-17-18-31-33(28,29)32-20-21(25)19-30-23(27)15-4-2/h21,25H,3-20H2,1-2H3,(H,24,26)(H,28,29). The number of phosphoric acid groups is 1. The molecule has 196 valence electrons. The zero-order valence-corrected chi connectivity index (χ0v) is 21.5. The fourth-order valence-electron chi connectivity index (χ4n) is 3.12. The summed E-state index contributed by atoms with van der Waals surface area (Å²) in [7, 11) is -4.37. The van der Waals surface area contributed by atoms with E-state index in [4.69, 9.17) is 9.26 Å². The Kier molecular flexibility index (Phi) is 20.9. The Morgan fingerprint density at radius 3 is 1.97 bits per heavy atom. The van der Waals surface area contributed by atoms with Gasteiger partial charge in [-0.05, 0) is 12.8 Å². The average Bonchev–Trinajstić information content (AvgIpc) is 2.78. The number of ether oxygens (including phenoxy) is 1. The third kappa shape index (κ3) is 22.6. The Morgan fingerprint density at radius 2 is 1.39 bits per heavy atom. The van der Waals surface area contributed by atoms with Crippen molar-refractivity contribution in [3.05, 3.63) is 0 Å². The predicted octanol–water partition coefficient (Wildman–Crippen LogP) is 4.64. The third-order valence-electron chi connectivity index (χ3n) is 5.01. The molecule has 0 aromatic heterocycles. The molecule has 1 amide bonds. The van der Waals surface area contributed by atoms with Crippen molar-refractivity contribution in [3.8, 4) is 0 Å². The van der Waals surface area contributed by atoms with Gasteiger partial charge >= 0.3 is 13.8 Å². The van der Waals surface area contributed by atoms with Gasteiger partial charge in [-0.2, -0.15) is 0 Å². The highest BCUT2D eigenvalue weighted by Crippen LogP contribution is 2.42. The van der Waals surface area contributed by atoms with E-state index in [1.54, 1.807) is 0 Å². The van der Waals surface area contributed by atoms with Crippen LogP contribution in [0.5, 0.6) is 0 Å². The topological polar surface area (TPSA) is 131 Å². The second-order valence-corrected chi connectivity index (χ2v) is 9.77. The number of aliphatic hydroxyl groups is 1. The highest BCUT2D eigenvalue weighted by atomic mass is 31.2. The number of nitrogens with one attached hydrogen (secondary N) is 1. The largest absolute Gasteiger partial charge is 0.472 e. The molecule has 9 nitrogen and oxygen atoms in total. The van der Waals surface area contributed by atoms with E-state index in [0.29, 0.717) is 12.8 Å². The fourth-order valence-corrected chi connectivity index (χ4v) is 3.88. The summed E-state index contributed by atoms with van der Waals surface area (Å²) < 4.78 is 26.0. The van der Waals surface area contributed by atoms with Gasteiger partial charge < -0.3 is 20.1 Å². The van der Waals surface area contributed by atoms with Gasteiger partial charge in [0.25, 0.3) is 0 Å². The maximum Gasteiger partial charge on any atom is 0.472 e. The van der Waals surface area contributed by atoms with Crippen molar-refractivity contribution in [2.75, 3.05) is 26.4 Å². The van der Waals surface area contributed by atoms with Gasteiger partial charge in [0.15, 0.2) is 0 Å². The van der Waals surface area contributed by atoms with Crippen LogP contribution in [0.4, 0.5) is 0 Å². The first-order valence-corrected chi connectivity index (χ1v) is 14.0. The van der Waals surface area contributed by atoms with Crippen LogP contribution in [0.3, 0.4) is 0 Å². The van der Waals surface area contributed by atoms with Gasteiger partial charge in [0, 0.05) is 19.4 Å². The van der Waals surface area contributed by atoms with Crippen molar-refractivity contribution < 1.29 is 37.9 Å². The lowest BCUT2D eigenvalue weighted by molar-refractivity contribution is -0.147. The Hall–Kier alpha value is -0.990. The van der Waals surface area contributed by atoms with Crippen LogP contribution in [0.1, 0.15) is 104 Å². The minimum Gasteiger partial charge on any atom is -0.463 e. The van der Waals surface area contributed by atoms with E-state index in [-0.39, 0.29) is 32.1 Å². The normalized spacial score (nSPS) is 13.9. The number of rotatable bonds is 23. The molecule has 10 heteroatoms. The van der Waals surface area contributed by atoms with Crippen LogP contribution in [0.2, 0.25) is 0 Å². The molecule has 0 saturated carbocycles. The molecular weight excluding hydrogens is 449 g/mol. The SMILES string of the molecule is CCCCCCCCCCCCCC(=O)NCCOP(=O)(O)OCC(O)COC(=O)CCC. The molecule has 0 aliphatic heterocycles. The molecule has 0 aliphatic carbocycles. The molecule has 0 radical (unpaired) electrons. The molecule has 0 spiro atoms. The van der Waals surface area contributed by atoms with Crippen molar-refractivity contribution in [2.45, 2.75) is 110 Å². The molecule has 2 unspecified atom stereocenters.